The largest absolute Gasteiger partial charge is 0.518 e. The van der Waals surface area contributed by atoms with E-state index in [9.17, 15) is 31.1 Å². The molecular weight excluding hydrogens is 262 g/mol. The molecule has 0 aliphatic rings. The van der Waals surface area contributed by atoms with Crippen molar-refractivity contribution in [2.45, 2.75) is 25.1 Å². The van der Waals surface area contributed by atoms with Crippen LogP contribution >= 0.6 is 0 Å². The van der Waals surface area contributed by atoms with Gasteiger partial charge in [0.15, 0.2) is 5.76 Å². The molecule has 4 nitrogen and oxygen atoms in total. The second-order valence-corrected chi connectivity index (χ2v) is 2.83. The normalized spacial score (nSPS) is 13.4. The number of hydrogen-bond acceptors (Lipinski definition) is 4. The van der Waals surface area contributed by atoms with Crippen molar-refractivity contribution in [1.29, 1.82) is 0 Å². The third kappa shape index (κ3) is 3.80. The number of rotatable bonds is 3. The van der Waals surface area contributed by atoms with Gasteiger partial charge in [-0.05, 0) is 0 Å². The maximum absolute atomic E-state index is 12.0. The molecule has 0 atom stereocenters. The van der Waals surface area contributed by atoms with Crippen LogP contribution in [0.4, 0.5) is 26.3 Å². The lowest BCUT2D eigenvalue weighted by atomic mass is 10.3. The third-order valence-corrected chi connectivity index (χ3v) is 1.49. The Kier molecular flexibility index (Phi) is 3.55. The van der Waals surface area contributed by atoms with Crippen molar-refractivity contribution >= 4 is 0 Å². The minimum atomic E-state index is -5.61. The highest BCUT2D eigenvalue weighted by Crippen LogP contribution is 2.36. The predicted octanol–water partition coefficient (Wildman–Crippen LogP) is 2.24. The second kappa shape index (κ2) is 4.43. The number of ether oxygens (including phenoxy) is 1. The molecule has 1 rings (SSSR count). The first-order valence-electron chi connectivity index (χ1n) is 3.93. The lowest BCUT2D eigenvalue weighted by Gasteiger charge is -2.22. The number of alkyl halides is 6. The molecule has 0 amide bonds. The molecule has 0 aliphatic carbocycles. The quantitative estimate of drug-likeness (QED) is 0.787. The maximum Gasteiger partial charge on any atom is 0.518 e. The fraction of sp³-hybridized carbons (Fsp3) is 0.571. The first kappa shape index (κ1) is 13.6. The molecule has 10 heteroatoms. The first-order chi connectivity index (χ1) is 7.60. The van der Waals surface area contributed by atoms with E-state index in [-0.39, 0.29) is 0 Å². The summed E-state index contributed by atoms with van der Waals surface area (Å²) in [5.74, 6) is -1.83. The van der Waals surface area contributed by atoms with Gasteiger partial charge in [-0.15, -0.1) is 0 Å². The number of hydrogen-bond donors (Lipinski definition) is 0. The first-order valence-corrected chi connectivity index (χ1v) is 3.93. The summed E-state index contributed by atoms with van der Waals surface area (Å²) >= 11 is 0. The summed E-state index contributed by atoms with van der Waals surface area (Å²) in [6.45, 7) is -1.19. The molecule has 0 radical (unpaired) electrons. The molecule has 1 heterocycles. The maximum atomic E-state index is 12.0. The van der Waals surface area contributed by atoms with Crippen LogP contribution in [0.5, 0.6) is 0 Å². The Balaban J connectivity index is 2.72. The molecule has 0 saturated heterocycles. The molecule has 0 aromatic carbocycles. The molecular formula is C7H4F6O4. The van der Waals surface area contributed by atoms with E-state index in [2.05, 4.69) is 13.6 Å². The topological polar surface area (TPSA) is 52.6 Å². The van der Waals surface area contributed by atoms with Crippen LogP contribution in [0.25, 0.3) is 0 Å². The monoisotopic (exact) mass is 266 g/mol. The summed E-state index contributed by atoms with van der Waals surface area (Å²) in [7, 11) is 0. The molecule has 17 heavy (non-hydrogen) atoms. The minimum Gasteiger partial charge on any atom is -0.399 e. The van der Waals surface area contributed by atoms with Crippen LogP contribution in [0.15, 0.2) is 19.9 Å². The lowest BCUT2D eigenvalue weighted by Crippen LogP contribution is -2.44. The molecule has 1 aromatic rings. The van der Waals surface area contributed by atoms with Crippen molar-refractivity contribution in [2.75, 3.05) is 0 Å². The Hall–Kier alpha value is -1.45. The van der Waals surface area contributed by atoms with Gasteiger partial charge in [-0.1, -0.05) is 0 Å². The van der Waals surface area contributed by atoms with Crippen molar-refractivity contribution in [3.63, 3.8) is 0 Å². The molecule has 98 valence electrons. The van der Waals surface area contributed by atoms with Gasteiger partial charge in [0.25, 0.3) is 0 Å². The lowest BCUT2D eigenvalue weighted by molar-refractivity contribution is -0.325. The van der Waals surface area contributed by atoms with Crippen LogP contribution in [0, 0.1) is 0 Å². The van der Waals surface area contributed by atoms with E-state index in [4.69, 9.17) is 0 Å². The summed E-state index contributed by atoms with van der Waals surface area (Å²) in [5, 5.41) is 0. The van der Waals surface area contributed by atoms with Crippen molar-refractivity contribution in [3.05, 3.63) is 22.6 Å². The average molecular weight is 266 g/mol. The highest BCUT2D eigenvalue weighted by Gasteiger charge is 2.58. The van der Waals surface area contributed by atoms with Crippen LogP contribution in [-0.4, -0.2) is 18.5 Å². The minimum absolute atomic E-state index is 0.562. The zero-order chi connectivity index (χ0) is 13.3. The van der Waals surface area contributed by atoms with E-state index >= 15 is 0 Å². The van der Waals surface area contributed by atoms with Gasteiger partial charge >= 0.3 is 18.2 Å². The SMILES string of the molecule is O=c1occ(COC(C(F)(F)F)C(F)(F)F)o1. The van der Waals surface area contributed by atoms with Crippen LogP contribution in [0.3, 0.4) is 0 Å². The van der Waals surface area contributed by atoms with Crippen LogP contribution in [0.1, 0.15) is 5.76 Å². The molecule has 0 fully saturated rings. The fourth-order valence-electron chi connectivity index (χ4n) is 0.872. The van der Waals surface area contributed by atoms with E-state index in [1.165, 1.54) is 0 Å². The third-order valence-electron chi connectivity index (χ3n) is 1.49. The van der Waals surface area contributed by atoms with Crippen molar-refractivity contribution in [3.8, 4) is 0 Å². The highest BCUT2D eigenvalue weighted by atomic mass is 19.4. The average Bonchev–Trinajstić information content (AvgIpc) is 2.46. The van der Waals surface area contributed by atoms with Crippen molar-refractivity contribution in [1.82, 2.24) is 0 Å². The van der Waals surface area contributed by atoms with Gasteiger partial charge in [0.1, 0.15) is 12.9 Å². The summed E-state index contributed by atoms with van der Waals surface area (Å²) in [6.07, 6.45) is -14.6. The second-order valence-electron chi connectivity index (χ2n) is 2.83. The molecule has 1 aromatic heterocycles. The van der Waals surface area contributed by atoms with E-state index in [1.807, 2.05) is 0 Å². The molecule has 0 N–H and O–H groups in total. The van der Waals surface area contributed by atoms with Crippen LogP contribution in [0.2, 0.25) is 0 Å². The Bertz CT molecular complexity index is 399. The van der Waals surface area contributed by atoms with Gasteiger partial charge in [-0.2, -0.15) is 26.3 Å². The van der Waals surface area contributed by atoms with E-state index < -0.39 is 36.6 Å². The van der Waals surface area contributed by atoms with E-state index in [0.29, 0.717) is 6.26 Å². The summed E-state index contributed by atoms with van der Waals surface area (Å²) in [4.78, 5) is 10.3. The molecule has 0 spiro atoms. The zero-order valence-electron chi connectivity index (χ0n) is 7.76. The molecule has 0 saturated carbocycles. The van der Waals surface area contributed by atoms with Crippen LogP contribution in [-0.2, 0) is 11.3 Å². The van der Waals surface area contributed by atoms with Gasteiger partial charge < -0.3 is 13.6 Å². The standard InChI is InChI=1S/C7H4F6O4/c8-6(9,10)4(7(11,12)13)15-1-3-2-16-5(14)17-3/h2,4H,1H2. The summed E-state index contributed by atoms with van der Waals surface area (Å²) in [6, 6.07) is 0. The molecule has 0 bridgehead atoms. The number of halogens is 6. The predicted molar refractivity (Wildman–Crippen MR) is 37.9 cm³/mol. The summed E-state index contributed by atoms with van der Waals surface area (Å²) in [5.41, 5.74) is 0. The highest BCUT2D eigenvalue weighted by molar-refractivity contribution is 4.84. The fourth-order valence-corrected chi connectivity index (χ4v) is 0.872. The molecule has 0 aliphatic heterocycles. The Morgan fingerprint density at radius 3 is 2.06 bits per heavy atom. The van der Waals surface area contributed by atoms with E-state index in [1.54, 1.807) is 0 Å². The van der Waals surface area contributed by atoms with Crippen LogP contribution < -0.4 is 5.82 Å². The molecule has 0 unspecified atom stereocenters. The van der Waals surface area contributed by atoms with Crippen molar-refractivity contribution in [2.24, 2.45) is 0 Å². The smallest absolute Gasteiger partial charge is 0.399 e. The zero-order valence-corrected chi connectivity index (χ0v) is 7.76. The van der Waals surface area contributed by atoms with Gasteiger partial charge in [0.2, 0.25) is 6.10 Å². The summed E-state index contributed by atoms with van der Waals surface area (Å²) < 4.78 is 83.5. The van der Waals surface area contributed by atoms with Crippen molar-refractivity contribution < 1.29 is 39.9 Å². The Labute approximate surface area is 88.8 Å². The van der Waals surface area contributed by atoms with Gasteiger partial charge in [0.05, 0.1) is 0 Å². The van der Waals surface area contributed by atoms with Gasteiger partial charge in [-0.25, -0.2) is 4.79 Å². The Morgan fingerprint density at radius 2 is 1.71 bits per heavy atom. The van der Waals surface area contributed by atoms with Gasteiger partial charge in [-0.3, -0.25) is 0 Å². The Morgan fingerprint density at radius 1 is 1.18 bits per heavy atom. The van der Waals surface area contributed by atoms with E-state index in [0.717, 1.165) is 0 Å². The van der Waals surface area contributed by atoms with Gasteiger partial charge in [0, 0.05) is 0 Å².